The highest BCUT2D eigenvalue weighted by Crippen LogP contribution is 2.29. The Morgan fingerprint density at radius 1 is 1.15 bits per heavy atom. The van der Waals surface area contributed by atoms with Gasteiger partial charge in [0, 0.05) is 32.0 Å². The lowest BCUT2D eigenvalue weighted by Crippen LogP contribution is -2.37. The van der Waals surface area contributed by atoms with E-state index >= 15 is 0 Å². The summed E-state index contributed by atoms with van der Waals surface area (Å²) in [5, 5.41) is 24.8. The van der Waals surface area contributed by atoms with E-state index in [0.717, 1.165) is 25.3 Å². The van der Waals surface area contributed by atoms with Gasteiger partial charge >= 0.3 is 5.97 Å². The summed E-state index contributed by atoms with van der Waals surface area (Å²) in [4.78, 5) is 32.7. The molecule has 39 heavy (non-hydrogen) atoms. The molecule has 212 valence electrons. The van der Waals surface area contributed by atoms with E-state index in [1.807, 2.05) is 18.2 Å². The number of ether oxygens (including phenoxy) is 3. The molecule has 1 aromatic carbocycles. The Labute approximate surface area is 229 Å². The number of benzene rings is 1. The highest BCUT2D eigenvalue weighted by Gasteiger charge is 2.23. The zero-order valence-electron chi connectivity index (χ0n) is 22.6. The van der Waals surface area contributed by atoms with E-state index in [2.05, 4.69) is 11.7 Å². The monoisotopic (exact) mass is 542 g/mol. The molecule has 0 radical (unpaired) electrons. The number of phenols is 2. The maximum absolute atomic E-state index is 13.0. The molecule has 1 amide bonds. The molecule has 1 saturated heterocycles. The summed E-state index contributed by atoms with van der Waals surface area (Å²) >= 11 is 0. The number of phenolic OH excluding ortho intramolecular Hbond substituents is 2. The molecule has 0 spiro atoms. The van der Waals surface area contributed by atoms with Gasteiger partial charge in [-0.2, -0.15) is 0 Å². The minimum atomic E-state index is -0.728. The minimum Gasteiger partial charge on any atom is -0.508 e. The highest BCUT2D eigenvalue weighted by molar-refractivity contribution is 6.00. The lowest BCUT2D eigenvalue weighted by atomic mass is 9.99. The summed E-state index contributed by atoms with van der Waals surface area (Å²) < 4.78 is 16.5. The van der Waals surface area contributed by atoms with Gasteiger partial charge in [-0.05, 0) is 50.3 Å². The van der Waals surface area contributed by atoms with E-state index < -0.39 is 17.8 Å². The summed E-state index contributed by atoms with van der Waals surface area (Å²) in [6, 6.07) is 2.46. The van der Waals surface area contributed by atoms with Crippen LogP contribution >= 0.6 is 0 Å². The standard InChI is InChI=1S/C29H38N2O8/c1-20-9-7-11-25(37-18-21(2)36-3)12-8-10-23(30-38-19-27(34)31-13-5-4-6-14-31)15-22-16-24(32)17-26(33)28(22)29(35)39-20/h7-8,10-11,16-17,20,25,32-33H,2,4-6,9,12-15,18-19H2,1,3H3/b10-8+,11-7+,30-23?/t20-,25-/m1/s1. The average Bonchev–Trinajstić information content (AvgIpc) is 2.90. The topological polar surface area (TPSA) is 127 Å². The first kappa shape index (κ1) is 29.8. The first-order chi connectivity index (χ1) is 18.8. The van der Waals surface area contributed by atoms with Crippen molar-refractivity contribution in [1.82, 2.24) is 4.90 Å². The van der Waals surface area contributed by atoms with Crippen molar-refractivity contribution in [2.24, 2.45) is 5.16 Å². The number of oxime groups is 1. The zero-order chi connectivity index (χ0) is 28.2. The summed E-state index contributed by atoms with van der Waals surface area (Å²) in [5.74, 6) is -1.00. The molecule has 0 aliphatic carbocycles. The minimum absolute atomic E-state index is 0.0248. The van der Waals surface area contributed by atoms with Gasteiger partial charge in [-0.15, -0.1) is 0 Å². The number of aromatic hydroxyl groups is 2. The van der Waals surface area contributed by atoms with E-state index in [1.54, 1.807) is 17.9 Å². The molecule has 2 aliphatic heterocycles. The Bertz CT molecular complexity index is 1100. The lowest BCUT2D eigenvalue weighted by Gasteiger charge is -2.26. The fourth-order valence-electron chi connectivity index (χ4n) is 4.28. The first-order valence-corrected chi connectivity index (χ1v) is 13.2. The fraction of sp³-hybridized carbons (Fsp3) is 0.483. The van der Waals surface area contributed by atoms with Gasteiger partial charge in [0.25, 0.3) is 5.91 Å². The average molecular weight is 543 g/mol. The van der Waals surface area contributed by atoms with Gasteiger partial charge in [0.05, 0.1) is 18.9 Å². The van der Waals surface area contributed by atoms with Crippen molar-refractivity contribution in [2.45, 2.75) is 57.7 Å². The predicted molar refractivity (Wildman–Crippen MR) is 146 cm³/mol. The summed E-state index contributed by atoms with van der Waals surface area (Å²) in [6.07, 6.45) is 10.5. The molecule has 0 aromatic heterocycles. The number of hydrogen-bond donors (Lipinski definition) is 2. The number of esters is 1. The van der Waals surface area contributed by atoms with Gasteiger partial charge in [-0.3, -0.25) is 4.79 Å². The van der Waals surface area contributed by atoms with Crippen LogP contribution in [0.5, 0.6) is 11.5 Å². The normalized spacial score (nSPS) is 23.2. The van der Waals surface area contributed by atoms with Gasteiger partial charge in [-0.1, -0.05) is 30.0 Å². The fourth-order valence-corrected chi connectivity index (χ4v) is 4.28. The number of fused-ring (bicyclic) bond motifs is 1. The number of piperidine rings is 1. The molecule has 2 heterocycles. The third-order valence-electron chi connectivity index (χ3n) is 6.39. The zero-order valence-corrected chi connectivity index (χ0v) is 22.6. The van der Waals surface area contributed by atoms with Gasteiger partial charge in [-0.25, -0.2) is 4.79 Å². The first-order valence-electron chi connectivity index (χ1n) is 13.2. The number of hydrogen-bond acceptors (Lipinski definition) is 9. The Morgan fingerprint density at radius 2 is 1.92 bits per heavy atom. The van der Waals surface area contributed by atoms with Crippen LogP contribution in [-0.2, 0) is 30.3 Å². The molecule has 10 heteroatoms. The quantitative estimate of drug-likeness (QED) is 0.229. The number of cyclic esters (lactones) is 1. The van der Waals surface area contributed by atoms with E-state index in [1.165, 1.54) is 13.2 Å². The molecular formula is C29H38N2O8. The number of nitrogens with zero attached hydrogens (tertiary/aromatic N) is 2. The van der Waals surface area contributed by atoms with E-state index in [4.69, 9.17) is 19.0 Å². The molecule has 0 unspecified atom stereocenters. The number of methoxy groups -OCH3 is 1. The van der Waals surface area contributed by atoms with E-state index in [0.29, 0.717) is 43.0 Å². The predicted octanol–water partition coefficient (Wildman–Crippen LogP) is 4.02. The molecule has 10 nitrogen and oxygen atoms in total. The number of amides is 1. The Hall–Kier alpha value is -3.79. The largest absolute Gasteiger partial charge is 0.508 e. The van der Waals surface area contributed by atoms with Crippen LogP contribution in [0.2, 0.25) is 0 Å². The maximum Gasteiger partial charge on any atom is 0.342 e. The number of carbonyl (C=O) groups excluding carboxylic acids is 2. The van der Waals surface area contributed by atoms with Crippen LogP contribution in [-0.4, -0.2) is 78.3 Å². The Balaban J connectivity index is 1.87. The van der Waals surface area contributed by atoms with Crippen molar-refractivity contribution >= 4 is 17.6 Å². The SMILES string of the molecule is C=C(CO[C@@H]1/C=C/C[C@@H](C)OC(=O)c2c(O)cc(O)cc2CC(=NOCC(=O)N2CCCCC2)/C=C/C1)OC. The summed E-state index contributed by atoms with van der Waals surface area (Å²) in [6.45, 7) is 6.92. The van der Waals surface area contributed by atoms with Crippen LogP contribution in [0.25, 0.3) is 0 Å². The van der Waals surface area contributed by atoms with E-state index in [9.17, 15) is 19.8 Å². The number of carbonyl (C=O) groups is 2. The third kappa shape index (κ3) is 9.47. The molecule has 2 atom stereocenters. The Kier molecular flexibility index (Phi) is 11.4. The van der Waals surface area contributed by atoms with Crippen molar-refractivity contribution in [3.05, 3.63) is 59.9 Å². The molecule has 2 N–H and O–H groups in total. The van der Waals surface area contributed by atoms with Crippen LogP contribution in [0, 0.1) is 0 Å². The lowest BCUT2D eigenvalue weighted by molar-refractivity contribution is -0.137. The van der Waals surface area contributed by atoms with Gasteiger partial charge in [0.1, 0.15) is 35.5 Å². The third-order valence-corrected chi connectivity index (χ3v) is 6.39. The summed E-state index contributed by atoms with van der Waals surface area (Å²) in [5.41, 5.74) is 0.607. The second kappa shape index (κ2) is 15.0. The Morgan fingerprint density at radius 3 is 2.67 bits per heavy atom. The maximum atomic E-state index is 13.0. The van der Waals surface area contributed by atoms with Crippen molar-refractivity contribution in [3.63, 3.8) is 0 Å². The van der Waals surface area contributed by atoms with Crippen molar-refractivity contribution in [3.8, 4) is 11.5 Å². The molecule has 2 aliphatic rings. The van der Waals surface area contributed by atoms with Crippen LogP contribution in [0.4, 0.5) is 0 Å². The van der Waals surface area contributed by atoms with Crippen molar-refractivity contribution < 1.29 is 38.9 Å². The summed E-state index contributed by atoms with van der Waals surface area (Å²) in [7, 11) is 1.52. The van der Waals surface area contributed by atoms with Gasteiger partial charge < -0.3 is 34.2 Å². The van der Waals surface area contributed by atoms with Crippen LogP contribution in [0.1, 0.15) is 54.9 Å². The molecule has 1 aromatic rings. The molecule has 3 rings (SSSR count). The number of likely N-dealkylation sites (tertiary alicyclic amines) is 1. The van der Waals surface area contributed by atoms with Crippen LogP contribution in [0.15, 0.2) is 53.9 Å². The van der Waals surface area contributed by atoms with Crippen LogP contribution in [0.3, 0.4) is 0 Å². The molecular weight excluding hydrogens is 504 g/mol. The second-order valence-electron chi connectivity index (χ2n) is 9.58. The van der Waals surface area contributed by atoms with Crippen LogP contribution < -0.4 is 0 Å². The molecule has 0 bridgehead atoms. The highest BCUT2D eigenvalue weighted by atomic mass is 16.6. The smallest absolute Gasteiger partial charge is 0.342 e. The second-order valence-corrected chi connectivity index (χ2v) is 9.58. The molecule has 0 saturated carbocycles. The van der Waals surface area contributed by atoms with Crippen molar-refractivity contribution in [1.29, 1.82) is 0 Å². The van der Waals surface area contributed by atoms with Gasteiger partial charge in [0.2, 0.25) is 0 Å². The van der Waals surface area contributed by atoms with E-state index in [-0.39, 0.29) is 43.0 Å². The van der Waals surface area contributed by atoms with Gasteiger partial charge in [0.15, 0.2) is 6.61 Å². The number of rotatable bonds is 7. The number of allylic oxidation sites excluding steroid dienone is 1. The van der Waals surface area contributed by atoms with Crippen molar-refractivity contribution in [2.75, 3.05) is 33.4 Å². The molecule has 1 fully saturated rings.